The number of nitrogens with zero attached hydrogens (tertiary/aromatic N) is 4. The minimum absolute atomic E-state index is 0.0703. The number of methoxy groups -OCH3 is 1. The van der Waals surface area contributed by atoms with Crippen LogP contribution in [0.25, 0.3) is 5.65 Å². The van der Waals surface area contributed by atoms with Gasteiger partial charge in [-0.1, -0.05) is 11.6 Å². The topological polar surface area (TPSA) is 86.5 Å². The third kappa shape index (κ3) is 2.03. The quantitative estimate of drug-likeness (QED) is 0.769. The summed E-state index contributed by atoms with van der Waals surface area (Å²) in [7, 11) is 2.48. The number of fused-ring (bicyclic) bond motifs is 1. The van der Waals surface area contributed by atoms with Crippen molar-refractivity contribution < 1.29 is 13.2 Å². The predicted octanol–water partition coefficient (Wildman–Crippen LogP) is 1.02. The van der Waals surface area contributed by atoms with Crippen molar-refractivity contribution >= 4 is 37.0 Å². The Morgan fingerprint density at radius 2 is 2.00 bits per heavy atom. The van der Waals surface area contributed by atoms with E-state index in [9.17, 15) is 8.42 Å². The summed E-state index contributed by atoms with van der Waals surface area (Å²) >= 11 is 5.94. The van der Waals surface area contributed by atoms with Crippen molar-refractivity contribution in [1.29, 1.82) is 0 Å². The molecule has 0 radical (unpaired) electrons. The SMILES string of the molecule is COc1nc(C)c(Cl)c2nc(S(=O)(=O)Cl)nn12. The molecule has 0 spiro atoms. The minimum atomic E-state index is -4.03. The van der Waals surface area contributed by atoms with Gasteiger partial charge >= 0.3 is 6.01 Å². The molecule has 0 unspecified atom stereocenters. The Kier molecular flexibility index (Phi) is 2.88. The Labute approximate surface area is 106 Å². The fourth-order valence-corrected chi connectivity index (χ4v) is 1.94. The zero-order valence-electron chi connectivity index (χ0n) is 8.68. The Bertz CT molecular complexity index is 697. The van der Waals surface area contributed by atoms with E-state index in [2.05, 4.69) is 15.1 Å². The van der Waals surface area contributed by atoms with E-state index in [4.69, 9.17) is 27.0 Å². The predicted molar refractivity (Wildman–Crippen MR) is 60.1 cm³/mol. The maximum Gasteiger partial charge on any atom is 0.319 e. The highest BCUT2D eigenvalue weighted by Crippen LogP contribution is 2.24. The molecule has 0 bridgehead atoms. The number of rotatable bonds is 2. The second-order valence-corrected chi connectivity index (χ2v) is 5.90. The van der Waals surface area contributed by atoms with Crippen LogP contribution < -0.4 is 4.74 Å². The molecule has 0 saturated carbocycles. The van der Waals surface area contributed by atoms with E-state index in [1.165, 1.54) is 7.11 Å². The molecule has 2 heterocycles. The number of aryl methyl sites for hydroxylation is 1. The Morgan fingerprint density at radius 3 is 2.53 bits per heavy atom. The average Bonchev–Trinajstić information content (AvgIpc) is 2.68. The molecule has 2 rings (SSSR count). The number of halogens is 2. The lowest BCUT2D eigenvalue weighted by atomic mass is 10.4. The van der Waals surface area contributed by atoms with Crippen molar-refractivity contribution in [2.75, 3.05) is 7.11 Å². The molecule has 0 aliphatic heterocycles. The number of hydrogen-bond donors (Lipinski definition) is 0. The van der Waals surface area contributed by atoms with E-state index in [0.717, 1.165) is 4.52 Å². The molecule has 0 fully saturated rings. The van der Waals surface area contributed by atoms with Gasteiger partial charge in [0.25, 0.3) is 14.2 Å². The van der Waals surface area contributed by atoms with E-state index >= 15 is 0 Å². The molecule has 7 nitrogen and oxygen atoms in total. The van der Waals surface area contributed by atoms with Gasteiger partial charge in [-0.3, -0.25) is 0 Å². The first-order valence-corrected chi connectivity index (χ1v) is 6.95. The smallest absolute Gasteiger partial charge is 0.319 e. The van der Waals surface area contributed by atoms with Crippen molar-refractivity contribution in [3.05, 3.63) is 10.7 Å². The molecule has 10 heteroatoms. The summed E-state index contributed by atoms with van der Waals surface area (Å²) in [6, 6.07) is 0.0703. The summed E-state index contributed by atoms with van der Waals surface area (Å²) in [6.07, 6.45) is 0. The molecule has 0 atom stereocenters. The third-order valence-electron chi connectivity index (χ3n) is 1.95. The summed E-state index contributed by atoms with van der Waals surface area (Å²) in [5.74, 6) is 0. The van der Waals surface area contributed by atoms with Crippen molar-refractivity contribution in [3.63, 3.8) is 0 Å². The van der Waals surface area contributed by atoms with Crippen LogP contribution in [0.1, 0.15) is 5.69 Å². The van der Waals surface area contributed by atoms with Gasteiger partial charge in [-0.15, -0.1) is 5.10 Å². The van der Waals surface area contributed by atoms with Crippen LogP contribution >= 0.6 is 22.3 Å². The maximum atomic E-state index is 11.1. The summed E-state index contributed by atoms with van der Waals surface area (Å²) in [4.78, 5) is 7.72. The largest absolute Gasteiger partial charge is 0.467 e. The number of ether oxygens (including phenoxy) is 1. The normalized spacial score (nSPS) is 12.0. The molecule has 2 aromatic heterocycles. The Hall–Kier alpha value is -1.12. The minimum Gasteiger partial charge on any atom is -0.467 e. The van der Waals surface area contributed by atoms with E-state index in [1.807, 2.05) is 0 Å². The van der Waals surface area contributed by atoms with E-state index < -0.39 is 14.2 Å². The van der Waals surface area contributed by atoms with E-state index in [1.54, 1.807) is 6.92 Å². The standard InChI is InChI=1S/C7H6Cl2N4O3S/c1-3-4(8)5-11-6(17(9,14)15)12-13(5)7(10-3)16-2/h1-2H3. The third-order valence-corrected chi connectivity index (χ3v) is 3.41. The van der Waals surface area contributed by atoms with Crippen LogP contribution in [0.15, 0.2) is 5.16 Å². The molecule has 0 aromatic carbocycles. The molecule has 0 aliphatic rings. The van der Waals surface area contributed by atoms with Crippen LogP contribution in [0.5, 0.6) is 6.01 Å². The van der Waals surface area contributed by atoms with Gasteiger partial charge in [0.2, 0.25) is 0 Å². The molecule has 0 N–H and O–H groups in total. The molecule has 92 valence electrons. The second-order valence-electron chi connectivity index (χ2n) is 3.07. The first-order valence-electron chi connectivity index (χ1n) is 4.26. The number of hydrogen-bond acceptors (Lipinski definition) is 6. The van der Waals surface area contributed by atoms with Gasteiger partial charge < -0.3 is 4.74 Å². The van der Waals surface area contributed by atoms with Crippen LogP contribution in [0.2, 0.25) is 5.02 Å². The number of aromatic nitrogens is 4. The van der Waals surface area contributed by atoms with Crippen molar-refractivity contribution in [1.82, 2.24) is 19.6 Å². The van der Waals surface area contributed by atoms with Crippen LogP contribution in [-0.4, -0.2) is 35.1 Å². The first-order chi connectivity index (χ1) is 7.84. The van der Waals surface area contributed by atoms with Crippen LogP contribution in [-0.2, 0) is 9.05 Å². The fraction of sp³-hybridized carbons (Fsp3) is 0.286. The molecular formula is C7H6Cl2N4O3S. The van der Waals surface area contributed by atoms with Gasteiger partial charge in [0.15, 0.2) is 5.65 Å². The van der Waals surface area contributed by atoms with E-state index in [0.29, 0.717) is 5.69 Å². The molecular weight excluding hydrogens is 291 g/mol. The molecule has 17 heavy (non-hydrogen) atoms. The average molecular weight is 297 g/mol. The summed E-state index contributed by atoms with van der Waals surface area (Å²) < 4.78 is 28.3. The fourth-order valence-electron chi connectivity index (χ4n) is 1.21. The summed E-state index contributed by atoms with van der Waals surface area (Å²) in [5.41, 5.74) is 0.567. The molecule has 2 aromatic rings. The van der Waals surface area contributed by atoms with Gasteiger partial charge in [0.05, 0.1) is 12.8 Å². The van der Waals surface area contributed by atoms with Crippen molar-refractivity contribution in [3.8, 4) is 6.01 Å². The van der Waals surface area contributed by atoms with Crippen molar-refractivity contribution in [2.45, 2.75) is 12.1 Å². The highest BCUT2D eigenvalue weighted by molar-refractivity contribution is 8.13. The second kappa shape index (κ2) is 3.97. The van der Waals surface area contributed by atoms with E-state index in [-0.39, 0.29) is 16.7 Å². The highest BCUT2D eigenvalue weighted by atomic mass is 35.7. The highest BCUT2D eigenvalue weighted by Gasteiger charge is 2.22. The first kappa shape index (κ1) is 12.3. The summed E-state index contributed by atoms with van der Waals surface area (Å²) in [5, 5.41) is 3.31. The lowest BCUT2D eigenvalue weighted by Crippen LogP contribution is -2.02. The lowest BCUT2D eigenvalue weighted by Gasteiger charge is -2.03. The van der Waals surface area contributed by atoms with Crippen molar-refractivity contribution in [2.24, 2.45) is 0 Å². The van der Waals surface area contributed by atoms with Gasteiger partial charge in [-0.25, -0.2) is 8.42 Å². The molecule has 0 amide bonds. The van der Waals surface area contributed by atoms with Gasteiger partial charge in [0.1, 0.15) is 5.02 Å². The monoisotopic (exact) mass is 296 g/mol. The Balaban J connectivity index is 2.89. The molecule has 0 saturated heterocycles. The lowest BCUT2D eigenvalue weighted by molar-refractivity contribution is 0.365. The van der Waals surface area contributed by atoms with Gasteiger partial charge in [0, 0.05) is 10.7 Å². The zero-order valence-corrected chi connectivity index (χ0v) is 11.0. The van der Waals surface area contributed by atoms with Crippen LogP contribution in [0.3, 0.4) is 0 Å². The zero-order chi connectivity index (χ0) is 12.8. The van der Waals surface area contributed by atoms with Crippen LogP contribution in [0.4, 0.5) is 0 Å². The van der Waals surface area contributed by atoms with Gasteiger partial charge in [-0.2, -0.15) is 14.5 Å². The van der Waals surface area contributed by atoms with Crippen LogP contribution in [0, 0.1) is 6.92 Å². The molecule has 0 aliphatic carbocycles. The summed E-state index contributed by atoms with van der Waals surface area (Å²) in [6.45, 7) is 1.63. The Morgan fingerprint density at radius 1 is 1.35 bits per heavy atom. The van der Waals surface area contributed by atoms with Gasteiger partial charge in [-0.05, 0) is 6.92 Å². The maximum absolute atomic E-state index is 11.1.